The average Bonchev–Trinajstić information content (AvgIpc) is 2.88. The normalized spacial score (nSPS) is 11.7. The zero-order valence-electron chi connectivity index (χ0n) is 12.4. The molecule has 0 unspecified atom stereocenters. The van der Waals surface area contributed by atoms with Crippen LogP contribution in [0.1, 0.15) is 44.9 Å². The fourth-order valence-electron chi connectivity index (χ4n) is 1.95. The smallest absolute Gasteiger partial charge is 0.235 e. The number of carbonyl (C=O) groups excluding carboxylic acids is 1. The largest absolute Gasteiger partial charge is 0.308 e. The van der Waals surface area contributed by atoms with Gasteiger partial charge in [-0.2, -0.15) is 5.10 Å². The highest BCUT2D eigenvalue weighted by Gasteiger charge is 2.30. The summed E-state index contributed by atoms with van der Waals surface area (Å²) >= 11 is 0. The number of nitrogens with one attached hydrogen (secondary N) is 2. The summed E-state index contributed by atoms with van der Waals surface area (Å²) in [5.41, 5.74) is 1.40. The van der Waals surface area contributed by atoms with Crippen LogP contribution >= 0.6 is 0 Å². The van der Waals surface area contributed by atoms with Gasteiger partial charge < -0.3 is 5.32 Å². The van der Waals surface area contributed by atoms with Crippen molar-refractivity contribution in [2.45, 2.75) is 39.0 Å². The number of aromatic amines is 1. The molecule has 0 saturated carbocycles. The monoisotopic (exact) mass is 271 g/mol. The Kier molecular flexibility index (Phi) is 3.93. The van der Waals surface area contributed by atoms with Crippen LogP contribution in [0.4, 0.5) is 5.82 Å². The quantitative estimate of drug-likeness (QED) is 0.894. The lowest BCUT2D eigenvalue weighted by atomic mass is 9.84. The van der Waals surface area contributed by atoms with Crippen molar-refractivity contribution in [2.75, 3.05) is 5.32 Å². The number of carbonyl (C=O) groups is 1. The van der Waals surface area contributed by atoms with Crippen LogP contribution in [0.2, 0.25) is 0 Å². The number of hydrogen-bond donors (Lipinski definition) is 2. The van der Waals surface area contributed by atoms with E-state index in [9.17, 15) is 4.79 Å². The number of aromatic nitrogens is 2. The summed E-state index contributed by atoms with van der Waals surface area (Å²) in [6.45, 7) is 7.97. The minimum atomic E-state index is -0.599. The van der Waals surface area contributed by atoms with Gasteiger partial charge in [0.05, 0.1) is 5.41 Å². The Labute approximate surface area is 119 Å². The summed E-state index contributed by atoms with van der Waals surface area (Å²) in [5, 5.41) is 9.94. The summed E-state index contributed by atoms with van der Waals surface area (Å²) in [6, 6.07) is 11.6. The zero-order valence-corrected chi connectivity index (χ0v) is 12.4. The highest BCUT2D eigenvalue weighted by molar-refractivity contribution is 5.97. The molecule has 1 heterocycles. The van der Waals surface area contributed by atoms with Crippen LogP contribution in [0.3, 0.4) is 0 Å². The third-order valence-corrected chi connectivity index (χ3v) is 3.52. The van der Waals surface area contributed by atoms with Crippen LogP contribution < -0.4 is 5.32 Å². The first kappa shape index (κ1) is 14.3. The molecule has 0 radical (unpaired) electrons. The minimum absolute atomic E-state index is 0.0643. The first-order valence-electron chi connectivity index (χ1n) is 6.83. The third-order valence-electron chi connectivity index (χ3n) is 3.52. The molecule has 106 valence electrons. The molecule has 1 aromatic carbocycles. The van der Waals surface area contributed by atoms with Gasteiger partial charge in [-0.15, -0.1) is 0 Å². The fourth-order valence-corrected chi connectivity index (χ4v) is 1.95. The molecule has 4 heteroatoms. The summed E-state index contributed by atoms with van der Waals surface area (Å²) < 4.78 is 0. The van der Waals surface area contributed by atoms with E-state index < -0.39 is 5.41 Å². The van der Waals surface area contributed by atoms with E-state index in [2.05, 4.69) is 29.4 Å². The lowest BCUT2D eigenvalue weighted by Gasteiger charge is -2.23. The van der Waals surface area contributed by atoms with Gasteiger partial charge >= 0.3 is 0 Å². The van der Waals surface area contributed by atoms with Crippen molar-refractivity contribution >= 4 is 11.7 Å². The molecular formula is C16H21N3O. The van der Waals surface area contributed by atoms with E-state index in [-0.39, 0.29) is 5.91 Å². The highest BCUT2D eigenvalue weighted by atomic mass is 16.2. The van der Waals surface area contributed by atoms with Gasteiger partial charge in [0.25, 0.3) is 0 Å². The van der Waals surface area contributed by atoms with Crippen LogP contribution in [0.25, 0.3) is 0 Å². The summed E-state index contributed by atoms with van der Waals surface area (Å²) in [7, 11) is 0. The average molecular weight is 271 g/mol. The topological polar surface area (TPSA) is 57.8 Å². The number of H-pyrrole nitrogens is 1. The molecule has 0 atom stereocenters. The summed E-state index contributed by atoms with van der Waals surface area (Å²) in [4.78, 5) is 12.4. The maximum atomic E-state index is 12.4. The van der Waals surface area contributed by atoms with Crippen LogP contribution in [0.5, 0.6) is 0 Å². The molecule has 0 aliphatic rings. The molecule has 4 nitrogen and oxygen atoms in total. The van der Waals surface area contributed by atoms with E-state index in [0.717, 1.165) is 11.3 Å². The second-order valence-corrected chi connectivity index (χ2v) is 5.81. The number of nitrogens with zero attached hydrogens (tertiary/aromatic N) is 1. The van der Waals surface area contributed by atoms with E-state index in [0.29, 0.717) is 11.7 Å². The Morgan fingerprint density at radius 3 is 2.45 bits per heavy atom. The second-order valence-electron chi connectivity index (χ2n) is 5.81. The lowest BCUT2D eigenvalue weighted by molar-refractivity contribution is -0.120. The number of hydrogen-bond acceptors (Lipinski definition) is 2. The first-order valence-corrected chi connectivity index (χ1v) is 6.83. The van der Waals surface area contributed by atoms with Gasteiger partial charge in [0.1, 0.15) is 0 Å². The van der Waals surface area contributed by atoms with Crippen molar-refractivity contribution in [1.82, 2.24) is 10.2 Å². The van der Waals surface area contributed by atoms with Gasteiger partial charge in [0, 0.05) is 11.8 Å². The van der Waals surface area contributed by atoms with Gasteiger partial charge in [-0.1, -0.05) is 44.2 Å². The van der Waals surface area contributed by atoms with E-state index >= 15 is 0 Å². The molecule has 1 aromatic heterocycles. The van der Waals surface area contributed by atoms with Crippen LogP contribution in [0.15, 0.2) is 36.4 Å². The van der Waals surface area contributed by atoms with Gasteiger partial charge in [-0.25, -0.2) is 0 Å². The second kappa shape index (κ2) is 5.49. The zero-order chi connectivity index (χ0) is 14.8. The van der Waals surface area contributed by atoms with Crippen molar-refractivity contribution in [1.29, 1.82) is 0 Å². The molecule has 1 amide bonds. The molecule has 2 rings (SSSR count). The Bertz CT molecular complexity index is 585. The molecule has 20 heavy (non-hydrogen) atoms. The maximum absolute atomic E-state index is 12.4. The van der Waals surface area contributed by atoms with E-state index in [4.69, 9.17) is 0 Å². The summed E-state index contributed by atoms with van der Waals surface area (Å²) in [6.07, 6.45) is 0. The van der Waals surface area contributed by atoms with Crippen LogP contribution in [-0.2, 0) is 10.2 Å². The lowest BCUT2D eigenvalue weighted by Crippen LogP contribution is -2.34. The van der Waals surface area contributed by atoms with Crippen molar-refractivity contribution in [2.24, 2.45) is 0 Å². The molecule has 0 aliphatic carbocycles. The molecule has 2 N–H and O–H groups in total. The van der Waals surface area contributed by atoms with Crippen molar-refractivity contribution in [3.8, 4) is 0 Å². The third kappa shape index (κ3) is 2.90. The highest BCUT2D eigenvalue weighted by Crippen LogP contribution is 2.25. The Morgan fingerprint density at radius 2 is 1.90 bits per heavy atom. The van der Waals surface area contributed by atoms with Crippen molar-refractivity contribution in [3.05, 3.63) is 47.7 Å². The Balaban J connectivity index is 2.14. The predicted octanol–water partition coefficient (Wildman–Crippen LogP) is 3.45. The number of amides is 1. The molecule has 2 aromatic rings. The van der Waals surface area contributed by atoms with Gasteiger partial charge in [0.15, 0.2) is 5.82 Å². The number of benzene rings is 1. The van der Waals surface area contributed by atoms with Gasteiger partial charge in [-0.3, -0.25) is 9.89 Å². The Morgan fingerprint density at radius 1 is 1.25 bits per heavy atom. The van der Waals surface area contributed by atoms with E-state index in [1.54, 1.807) is 0 Å². The van der Waals surface area contributed by atoms with Crippen LogP contribution in [-0.4, -0.2) is 16.1 Å². The number of anilines is 1. The molecule has 0 saturated heterocycles. The molecule has 0 fully saturated rings. The predicted molar refractivity (Wildman–Crippen MR) is 80.8 cm³/mol. The fraction of sp³-hybridized carbons (Fsp3) is 0.375. The standard InChI is InChI=1S/C16H21N3O/c1-11(2)13-10-14(19-18-13)17-15(20)16(3,4)12-8-6-5-7-9-12/h5-11H,1-4H3,(H2,17,18,19,20). The van der Waals surface area contributed by atoms with Gasteiger partial charge in [-0.05, 0) is 25.3 Å². The Hall–Kier alpha value is -2.10. The molecule has 0 bridgehead atoms. The summed E-state index contributed by atoms with van der Waals surface area (Å²) in [5.74, 6) is 0.864. The molecule has 0 aliphatic heterocycles. The van der Waals surface area contributed by atoms with Crippen molar-refractivity contribution < 1.29 is 4.79 Å². The maximum Gasteiger partial charge on any atom is 0.235 e. The van der Waals surface area contributed by atoms with Crippen LogP contribution in [0, 0.1) is 0 Å². The van der Waals surface area contributed by atoms with Gasteiger partial charge in [0.2, 0.25) is 5.91 Å². The molecule has 0 spiro atoms. The van der Waals surface area contributed by atoms with E-state index in [1.807, 2.05) is 50.2 Å². The number of rotatable bonds is 4. The minimum Gasteiger partial charge on any atom is -0.308 e. The van der Waals surface area contributed by atoms with E-state index in [1.165, 1.54) is 0 Å². The van der Waals surface area contributed by atoms with Crippen molar-refractivity contribution in [3.63, 3.8) is 0 Å². The first-order chi connectivity index (χ1) is 9.41. The SMILES string of the molecule is CC(C)c1cc(NC(=O)C(C)(C)c2ccccc2)n[nH]1. The molecular weight excluding hydrogens is 250 g/mol.